The predicted molar refractivity (Wildman–Crippen MR) is 68.9 cm³/mol. The van der Waals surface area contributed by atoms with Crippen LogP contribution >= 0.6 is 11.3 Å². The Morgan fingerprint density at radius 2 is 2.12 bits per heavy atom. The Labute approximate surface area is 100 Å². The lowest BCUT2D eigenvalue weighted by Gasteiger charge is -2.02. The van der Waals surface area contributed by atoms with Crippen molar-refractivity contribution in [3.63, 3.8) is 0 Å². The van der Waals surface area contributed by atoms with E-state index in [-0.39, 0.29) is 0 Å². The highest BCUT2D eigenvalue weighted by molar-refractivity contribution is 7.11. The molecule has 0 radical (unpaired) electrons. The van der Waals surface area contributed by atoms with Gasteiger partial charge >= 0.3 is 0 Å². The minimum atomic E-state index is 0.678. The maximum absolute atomic E-state index is 5.51. The van der Waals surface area contributed by atoms with E-state index >= 15 is 0 Å². The molecular weight excluding hydrogens is 216 g/mol. The van der Waals surface area contributed by atoms with Crippen molar-refractivity contribution in [2.24, 2.45) is 5.73 Å². The van der Waals surface area contributed by atoms with Crippen molar-refractivity contribution in [2.45, 2.75) is 19.8 Å². The van der Waals surface area contributed by atoms with Crippen molar-refractivity contribution in [3.8, 4) is 0 Å². The molecule has 0 aliphatic carbocycles. The van der Waals surface area contributed by atoms with E-state index in [1.165, 1.54) is 16.0 Å². The first-order chi connectivity index (χ1) is 7.79. The van der Waals surface area contributed by atoms with Crippen LogP contribution in [0.2, 0.25) is 0 Å². The highest BCUT2D eigenvalue weighted by Crippen LogP contribution is 2.19. The van der Waals surface area contributed by atoms with Gasteiger partial charge in [-0.1, -0.05) is 24.3 Å². The molecule has 1 aromatic heterocycles. The van der Waals surface area contributed by atoms with Gasteiger partial charge in [-0.15, -0.1) is 11.3 Å². The van der Waals surface area contributed by atoms with Crippen LogP contribution in [0.4, 0.5) is 0 Å². The van der Waals surface area contributed by atoms with E-state index in [9.17, 15) is 0 Å². The van der Waals surface area contributed by atoms with Gasteiger partial charge in [0.2, 0.25) is 0 Å². The summed E-state index contributed by atoms with van der Waals surface area (Å²) in [6.07, 6.45) is 3.84. The van der Waals surface area contributed by atoms with Crippen LogP contribution in [0.25, 0.3) is 0 Å². The molecule has 2 N–H and O–H groups in total. The number of rotatable bonds is 4. The Kier molecular flexibility index (Phi) is 3.70. The Hall–Kier alpha value is -1.19. The first-order valence-corrected chi connectivity index (χ1v) is 6.29. The zero-order valence-electron chi connectivity index (χ0n) is 9.44. The van der Waals surface area contributed by atoms with Crippen LogP contribution in [-0.2, 0) is 12.8 Å². The Bertz CT molecular complexity index is 462. The van der Waals surface area contributed by atoms with Gasteiger partial charge in [0.1, 0.15) is 0 Å². The quantitative estimate of drug-likeness (QED) is 0.880. The number of nitrogens with zero attached hydrogens (tertiary/aromatic N) is 1. The van der Waals surface area contributed by atoms with Crippen LogP contribution in [0.15, 0.2) is 30.5 Å². The van der Waals surface area contributed by atoms with Gasteiger partial charge < -0.3 is 5.73 Å². The van der Waals surface area contributed by atoms with Crippen molar-refractivity contribution < 1.29 is 0 Å². The molecule has 2 nitrogen and oxygen atoms in total. The number of nitrogens with two attached hydrogens (primary N) is 1. The molecule has 0 spiro atoms. The van der Waals surface area contributed by atoms with Crippen molar-refractivity contribution in [1.29, 1.82) is 0 Å². The van der Waals surface area contributed by atoms with E-state index in [1.54, 1.807) is 11.3 Å². The van der Waals surface area contributed by atoms with E-state index in [2.05, 4.69) is 36.2 Å². The smallest absolute Gasteiger partial charge is 0.0940 e. The maximum Gasteiger partial charge on any atom is 0.0940 e. The Balaban J connectivity index is 2.11. The highest BCUT2D eigenvalue weighted by Gasteiger charge is 2.04. The maximum atomic E-state index is 5.51. The van der Waals surface area contributed by atoms with Crippen LogP contribution < -0.4 is 5.73 Å². The average molecular weight is 232 g/mol. The number of aromatic nitrogens is 1. The molecule has 16 heavy (non-hydrogen) atoms. The van der Waals surface area contributed by atoms with E-state index < -0.39 is 0 Å². The molecule has 0 saturated carbocycles. The summed E-state index contributed by atoms with van der Waals surface area (Å²) in [5.41, 5.74) is 8.24. The van der Waals surface area contributed by atoms with E-state index in [4.69, 9.17) is 5.73 Å². The molecule has 84 valence electrons. The zero-order valence-corrected chi connectivity index (χ0v) is 10.3. The SMILES string of the molecule is Cc1ccccc1Cc1cnc(CCN)s1. The summed E-state index contributed by atoms with van der Waals surface area (Å²) in [6, 6.07) is 8.49. The minimum absolute atomic E-state index is 0.678. The van der Waals surface area contributed by atoms with E-state index in [0.717, 1.165) is 17.8 Å². The summed E-state index contributed by atoms with van der Waals surface area (Å²) in [5, 5.41) is 1.14. The zero-order chi connectivity index (χ0) is 11.4. The van der Waals surface area contributed by atoms with Gasteiger partial charge in [0.15, 0.2) is 0 Å². The summed E-state index contributed by atoms with van der Waals surface area (Å²) < 4.78 is 0. The number of thiazole rings is 1. The fourth-order valence-electron chi connectivity index (χ4n) is 1.66. The van der Waals surface area contributed by atoms with Crippen molar-refractivity contribution in [1.82, 2.24) is 4.98 Å². The lowest BCUT2D eigenvalue weighted by molar-refractivity contribution is 0.952. The van der Waals surface area contributed by atoms with Gasteiger partial charge in [-0.3, -0.25) is 0 Å². The number of hydrogen-bond donors (Lipinski definition) is 1. The summed E-state index contributed by atoms with van der Waals surface area (Å²) >= 11 is 1.77. The molecule has 0 bridgehead atoms. The highest BCUT2D eigenvalue weighted by atomic mass is 32.1. The molecule has 0 aliphatic rings. The summed E-state index contributed by atoms with van der Waals surface area (Å²) in [5.74, 6) is 0. The molecule has 0 aliphatic heterocycles. The number of benzene rings is 1. The van der Waals surface area contributed by atoms with E-state index in [0.29, 0.717) is 6.54 Å². The fourth-order valence-corrected chi connectivity index (χ4v) is 2.63. The standard InChI is InChI=1S/C13H16N2S/c1-10-4-2-3-5-11(10)8-12-9-15-13(16-12)6-7-14/h2-5,9H,6-8,14H2,1H3. The molecule has 2 rings (SSSR count). The Morgan fingerprint density at radius 3 is 2.88 bits per heavy atom. The molecular formula is C13H16N2S. The van der Waals surface area contributed by atoms with E-state index in [1.807, 2.05) is 6.20 Å². The molecule has 2 aromatic rings. The number of hydrogen-bond acceptors (Lipinski definition) is 3. The lowest BCUT2D eigenvalue weighted by Crippen LogP contribution is -2.01. The summed E-state index contributed by atoms with van der Waals surface area (Å²) in [6.45, 7) is 2.83. The largest absolute Gasteiger partial charge is 0.330 e. The van der Waals surface area contributed by atoms with Gasteiger partial charge in [-0.2, -0.15) is 0 Å². The summed E-state index contributed by atoms with van der Waals surface area (Å²) in [4.78, 5) is 5.69. The van der Waals surface area contributed by atoms with Crippen LogP contribution in [0, 0.1) is 6.92 Å². The third-order valence-corrected chi connectivity index (χ3v) is 3.64. The van der Waals surface area contributed by atoms with Crippen molar-refractivity contribution >= 4 is 11.3 Å². The van der Waals surface area contributed by atoms with Crippen LogP contribution in [0.3, 0.4) is 0 Å². The Morgan fingerprint density at radius 1 is 1.31 bits per heavy atom. The third kappa shape index (κ3) is 2.68. The molecule has 3 heteroatoms. The molecule has 0 saturated heterocycles. The van der Waals surface area contributed by atoms with Crippen LogP contribution in [0.5, 0.6) is 0 Å². The second kappa shape index (κ2) is 5.23. The third-order valence-electron chi connectivity index (χ3n) is 2.59. The van der Waals surface area contributed by atoms with Gasteiger partial charge in [0.25, 0.3) is 0 Å². The molecule has 0 atom stereocenters. The monoisotopic (exact) mass is 232 g/mol. The average Bonchev–Trinajstić information content (AvgIpc) is 2.70. The van der Waals surface area contributed by atoms with Gasteiger partial charge in [-0.25, -0.2) is 4.98 Å². The molecule has 1 heterocycles. The minimum Gasteiger partial charge on any atom is -0.330 e. The second-order valence-corrected chi connectivity index (χ2v) is 5.06. The lowest BCUT2D eigenvalue weighted by atomic mass is 10.1. The van der Waals surface area contributed by atoms with Gasteiger partial charge in [0.05, 0.1) is 5.01 Å². The molecule has 0 fully saturated rings. The predicted octanol–water partition coefficient (Wildman–Crippen LogP) is 2.54. The van der Waals surface area contributed by atoms with Gasteiger partial charge in [-0.05, 0) is 24.6 Å². The second-order valence-electron chi connectivity index (χ2n) is 3.86. The molecule has 0 unspecified atom stereocenters. The molecule has 0 amide bonds. The first kappa shape index (κ1) is 11.3. The van der Waals surface area contributed by atoms with Crippen molar-refractivity contribution in [2.75, 3.05) is 6.54 Å². The topological polar surface area (TPSA) is 38.9 Å². The van der Waals surface area contributed by atoms with Crippen LogP contribution in [0.1, 0.15) is 21.0 Å². The normalized spacial score (nSPS) is 10.6. The summed E-state index contributed by atoms with van der Waals surface area (Å²) in [7, 11) is 0. The van der Waals surface area contributed by atoms with Crippen molar-refractivity contribution in [3.05, 3.63) is 51.5 Å². The van der Waals surface area contributed by atoms with Gasteiger partial charge in [0, 0.05) is 23.9 Å². The first-order valence-electron chi connectivity index (χ1n) is 5.47. The molecule has 1 aromatic carbocycles. The fraction of sp³-hybridized carbons (Fsp3) is 0.308. The van der Waals surface area contributed by atoms with Crippen LogP contribution in [-0.4, -0.2) is 11.5 Å². The number of aryl methyl sites for hydroxylation is 1.